The largest absolute Gasteiger partial charge is 0.416 e. The normalized spacial score (nSPS) is 14.1. The minimum Gasteiger partial charge on any atom is -0.300 e. The first kappa shape index (κ1) is 18.9. The van der Waals surface area contributed by atoms with E-state index in [9.17, 15) is 21.6 Å². The molecule has 4 nitrogen and oxygen atoms in total. The number of thiophene rings is 1. The Bertz CT molecular complexity index is 772. The Kier molecular flexibility index (Phi) is 5.69. The summed E-state index contributed by atoms with van der Waals surface area (Å²) in [6.45, 7) is 0.0616. The van der Waals surface area contributed by atoms with Crippen molar-refractivity contribution in [3.05, 3.63) is 52.2 Å². The summed E-state index contributed by atoms with van der Waals surface area (Å²) >= 11 is 1.49. The van der Waals surface area contributed by atoms with Gasteiger partial charge < -0.3 is 4.90 Å². The summed E-state index contributed by atoms with van der Waals surface area (Å²) in [5.74, 6) is 0. The topological polar surface area (TPSA) is 49.4 Å². The third-order valence-electron chi connectivity index (χ3n) is 3.43. The molecule has 0 aliphatic carbocycles. The first-order chi connectivity index (χ1) is 11.1. The first-order valence-corrected chi connectivity index (χ1v) is 9.34. The van der Waals surface area contributed by atoms with Crippen LogP contribution in [-0.4, -0.2) is 34.0 Å². The molecule has 0 spiro atoms. The molecule has 1 aromatic carbocycles. The molecular formula is C15H17F3N2O2S2. The number of alkyl halides is 3. The summed E-state index contributed by atoms with van der Waals surface area (Å²) in [4.78, 5) is 2.41. The number of nitrogens with zero attached hydrogens (tertiary/aromatic N) is 1. The second-order valence-electron chi connectivity index (χ2n) is 5.37. The van der Waals surface area contributed by atoms with E-state index in [1.807, 2.05) is 36.5 Å². The Morgan fingerprint density at radius 1 is 1.21 bits per heavy atom. The summed E-state index contributed by atoms with van der Waals surface area (Å²) in [7, 11) is -0.418. The van der Waals surface area contributed by atoms with Crippen LogP contribution in [0.3, 0.4) is 0 Å². The zero-order valence-electron chi connectivity index (χ0n) is 13.0. The molecule has 0 saturated heterocycles. The number of hydrogen-bond donors (Lipinski definition) is 1. The fourth-order valence-electron chi connectivity index (χ4n) is 2.13. The van der Waals surface area contributed by atoms with Gasteiger partial charge >= 0.3 is 6.18 Å². The molecule has 1 unspecified atom stereocenters. The van der Waals surface area contributed by atoms with E-state index in [2.05, 4.69) is 4.72 Å². The highest BCUT2D eigenvalue weighted by Crippen LogP contribution is 2.30. The van der Waals surface area contributed by atoms with Gasteiger partial charge in [-0.1, -0.05) is 12.1 Å². The third-order valence-corrected chi connectivity index (χ3v) is 5.83. The molecule has 1 heterocycles. The Morgan fingerprint density at radius 2 is 1.92 bits per heavy atom. The van der Waals surface area contributed by atoms with Gasteiger partial charge in [-0.2, -0.15) is 13.2 Å². The van der Waals surface area contributed by atoms with Gasteiger partial charge in [0.25, 0.3) is 0 Å². The minimum absolute atomic E-state index is 0.0616. The van der Waals surface area contributed by atoms with E-state index in [-0.39, 0.29) is 12.6 Å². The van der Waals surface area contributed by atoms with Crippen LogP contribution in [0, 0.1) is 0 Å². The van der Waals surface area contributed by atoms with Gasteiger partial charge in [0.05, 0.1) is 16.5 Å². The molecule has 0 aliphatic heterocycles. The maximum atomic E-state index is 12.7. The van der Waals surface area contributed by atoms with E-state index < -0.39 is 26.7 Å². The van der Waals surface area contributed by atoms with Gasteiger partial charge in [-0.05, 0) is 43.7 Å². The number of halogens is 3. The standard InChI is InChI=1S/C15H17F3N2O2S2/c1-20(2)13(14-7-4-8-23-14)10-19-24(21,22)12-6-3-5-11(9-12)15(16,17)18/h3-9,13,19H,10H2,1-2H3. The fraction of sp³-hybridized carbons (Fsp3) is 0.333. The van der Waals surface area contributed by atoms with E-state index in [1.165, 1.54) is 11.3 Å². The lowest BCUT2D eigenvalue weighted by Crippen LogP contribution is -2.34. The Morgan fingerprint density at radius 3 is 2.46 bits per heavy atom. The molecule has 24 heavy (non-hydrogen) atoms. The molecule has 2 rings (SSSR count). The fourth-order valence-corrected chi connectivity index (χ4v) is 4.14. The Hall–Kier alpha value is -1.42. The van der Waals surface area contributed by atoms with Gasteiger partial charge in [-0.3, -0.25) is 0 Å². The van der Waals surface area contributed by atoms with Crippen molar-refractivity contribution in [2.45, 2.75) is 17.1 Å². The summed E-state index contributed by atoms with van der Waals surface area (Å²) in [6, 6.07) is 7.25. The maximum Gasteiger partial charge on any atom is 0.416 e. The van der Waals surface area contributed by atoms with Crippen molar-refractivity contribution in [1.82, 2.24) is 9.62 Å². The molecule has 2 aromatic rings. The number of benzene rings is 1. The lowest BCUT2D eigenvalue weighted by molar-refractivity contribution is -0.137. The van der Waals surface area contributed by atoms with E-state index >= 15 is 0 Å². The average Bonchev–Trinajstić information content (AvgIpc) is 3.00. The summed E-state index contributed by atoms with van der Waals surface area (Å²) in [5, 5.41) is 1.88. The zero-order valence-corrected chi connectivity index (χ0v) is 14.7. The van der Waals surface area contributed by atoms with Crippen molar-refractivity contribution in [1.29, 1.82) is 0 Å². The lowest BCUT2D eigenvalue weighted by atomic mass is 10.2. The number of sulfonamides is 1. The second-order valence-corrected chi connectivity index (χ2v) is 8.12. The average molecular weight is 378 g/mol. The smallest absolute Gasteiger partial charge is 0.300 e. The Balaban J connectivity index is 2.19. The maximum absolute atomic E-state index is 12.7. The van der Waals surface area contributed by atoms with Crippen molar-refractivity contribution < 1.29 is 21.6 Å². The zero-order chi connectivity index (χ0) is 18.0. The molecule has 1 N–H and O–H groups in total. The SMILES string of the molecule is CN(C)C(CNS(=O)(=O)c1cccc(C(F)(F)F)c1)c1cccs1. The van der Waals surface area contributed by atoms with Crippen LogP contribution in [0.15, 0.2) is 46.7 Å². The molecular weight excluding hydrogens is 361 g/mol. The number of rotatable bonds is 6. The highest BCUT2D eigenvalue weighted by molar-refractivity contribution is 7.89. The molecule has 0 bridgehead atoms. The number of likely N-dealkylation sites (N-methyl/N-ethyl adjacent to an activating group) is 1. The number of hydrogen-bond acceptors (Lipinski definition) is 4. The predicted octanol–water partition coefficient (Wildman–Crippen LogP) is 3.35. The number of nitrogens with one attached hydrogen (secondary N) is 1. The van der Waals surface area contributed by atoms with Gasteiger partial charge in [0.2, 0.25) is 10.0 Å². The molecule has 132 valence electrons. The highest BCUT2D eigenvalue weighted by Gasteiger charge is 2.31. The van der Waals surface area contributed by atoms with Crippen LogP contribution in [0.2, 0.25) is 0 Å². The van der Waals surface area contributed by atoms with Crippen LogP contribution in [0.1, 0.15) is 16.5 Å². The van der Waals surface area contributed by atoms with Crippen LogP contribution in [0.25, 0.3) is 0 Å². The van der Waals surface area contributed by atoms with Gasteiger partial charge in [0.15, 0.2) is 0 Å². The summed E-state index contributed by atoms with van der Waals surface area (Å²) < 4.78 is 65.2. The Labute approximate surface area is 143 Å². The van der Waals surface area contributed by atoms with E-state index in [0.717, 1.165) is 23.1 Å². The van der Waals surface area contributed by atoms with Crippen LogP contribution < -0.4 is 4.72 Å². The highest BCUT2D eigenvalue weighted by atomic mass is 32.2. The third kappa shape index (κ3) is 4.56. The van der Waals surface area contributed by atoms with Gasteiger partial charge in [0, 0.05) is 11.4 Å². The van der Waals surface area contributed by atoms with E-state index in [1.54, 1.807) is 0 Å². The van der Waals surface area contributed by atoms with Gasteiger partial charge in [-0.25, -0.2) is 13.1 Å². The van der Waals surface area contributed by atoms with E-state index in [4.69, 9.17) is 0 Å². The predicted molar refractivity (Wildman–Crippen MR) is 87.4 cm³/mol. The van der Waals surface area contributed by atoms with Crippen molar-refractivity contribution in [3.8, 4) is 0 Å². The molecule has 1 aromatic heterocycles. The van der Waals surface area contributed by atoms with Crippen molar-refractivity contribution in [2.24, 2.45) is 0 Å². The van der Waals surface area contributed by atoms with Gasteiger partial charge in [0.1, 0.15) is 0 Å². The molecule has 0 aliphatic rings. The van der Waals surface area contributed by atoms with Crippen LogP contribution in [-0.2, 0) is 16.2 Å². The van der Waals surface area contributed by atoms with Crippen molar-refractivity contribution in [3.63, 3.8) is 0 Å². The van der Waals surface area contributed by atoms with Gasteiger partial charge in [-0.15, -0.1) is 11.3 Å². The van der Waals surface area contributed by atoms with E-state index in [0.29, 0.717) is 6.07 Å². The summed E-state index contributed by atoms with van der Waals surface area (Å²) in [5.41, 5.74) is -0.993. The molecule has 1 atom stereocenters. The molecule has 9 heteroatoms. The van der Waals surface area contributed by atoms with Crippen LogP contribution >= 0.6 is 11.3 Å². The molecule has 0 saturated carbocycles. The molecule has 0 amide bonds. The van der Waals surface area contributed by atoms with Crippen LogP contribution in [0.5, 0.6) is 0 Å². The first-order valence-electron chi connectivity index (χ1n) is 6.98. The quantitative estimate of drug-likeness (QED) is 0.839. The van der Waals surface area contributed by atoms with Crippen molar-refractivity contribution >= 4 is 21.4 Å². The second kappa shape index (κ2) is 7.22. The van der Waals surface area contributed by atoms with Crippen LogP contribution in [0.4, 0.5) is 13.2 Å². The molecule has 0 fully saturated rings. The minimum atomic E-state index is -4.59. The molecule has 0 radical (unpaired) electrons. The lowest BCUT2D eigenvalue weighted by Gasteiger charge is -2.23. The monoisotopic (exact) mass is 378 g/mol. The van der Waals surface area contributed by atoms with Crippen molar-refractivity contribution in [2.75, 3.05) is 20.6 Å². The summed E-state index contributed by atoms with van der Waals surface area (Å²) in [6.07, 6.45) is -4.59.